The molecule has 0 bridgehead atoms. The van der Waals surface area contributed by atoms with Crippen molar-refractivity contribution >= 4 is 12.2 Å². The van der Waals surface area contributed by atoms with E-state index in [0.29, 0.717) is 12.0 Å². The van der Waals surface area contributed by atoms with Crippen LogP contribution >= 0.6 is 0 Å². The molecule has 1 heterocycles. The van der Waals surface area contributed by atoms with Gasteiger partial charge in [-0.2, -0.15) is 5.10 Å². The molecule has 3 rings (SSSR count). The van der Waals surface area contributed by atoms with Crippen LogP contribution in [-0.2, 0) is 17.6 Å². The van der Waals surface area contributed by atoms with Crippen molar-refractivity contribution in [3.05, 3.63) is 35.4 Å². The second kappa shape index (κ2) is 5.51. The molecule has 24 heavy (non-hydrogen) atoms. The van der Waals surface area contributed by atoms with Gasteiger partial charge in [-0.15, -0.1) is 0 Å². The van der Waals surface area contributed by atoms with Gasteiger partial charge in [0.05, 0.1) is 12.0 Å². The minimum Gasteiger partial charge on any atom is -0.481 e. The third-order valence-corrected chi connectivity index (χ3v) is 5.59. The highest BCUT2D eigenvalue weighted by Gasteiger charge is 2.84. The number of carboxylic acid groups (broad SMARTS) is 1. The SMILES string of the molecule is CC1(/C=N\N)C(Cc2ccc(CC(=O)O)cc2)C12NCCC2(F)F. The number of hydrogen-bond acceptors (Lipinski definition) is 4. The standard InChI is InChI=1S/C17H21F2N3O2/c1-15(10-22-20)13(17(15)16(18,19)6-7-21-17)8-11-2-4-12(5-3-11)9-14(23)24/h2-5,10,13,21H,6-9,20H2,1H3,(H,23,24)/b22-10-. The Morgan fingerprint density at radius 3 is 2.54 bits per heavy atom. The molecule has 1 aliphatic carbocycles. The summed E-state index contributed by atoms with van der Waals surface area (Å²) in [4.78, 5) is 10.7. The van der Waals surface area contributed by atoms with Crippen molar-refractivity contribution in [3.63, 3.8) is 0 Å². The molecule has 2 fully saturated rings. The van der Waals surface area contributed by atoms with E-state index < -0.39 is 22.8 Å². The third kappa shape index (κ3) is 2.30. The number of carbonyl (C=O) groups is 1. The topological polar surface area (TPSA) is 87.7 Å². The summed E-state index contributed by atoms with van der Waals surface area (Å²) in [6.07, 6.45) is 1.65. The van der Waals surface area contributed by atoms with E-state index in [0.717, 1.165) is 5.56 Å². The molecular formula is C17H21F2N3O2. The van der Waals surface area contributed by atoms with Crippen LogP contribution in [0.3, 0.4) is 0 Å². The number of alkyl halides is 2. The molecule has 0 aromatic heterocycles. The van der Waals surface area contributed by atoms with E-state index in [2.05, 4.69) is 10.4 Å². The molecule has 1 aromatic carbocycles. The Balaban J connectivity index is 1.82. The minimum atomic E-state index is -2.81. The molecule has 1 aliphatic heterocycles. The minimum absolute atomic E-state index is 0.0508. The van der Waals surface area contributed by atoms with Gasteiger partial charge in [0.1, 0.15) is 0 Å². The summed E-state index contributed by atoms with van der Waals surface area (Å²) in [5.41, 5.74) is -0.524. The van der Waals surface area contributed by atoms with Crippen LogP contribution in [0.5, 0.6) is 0 Å². The van der Waals surface area contributed by atoms with Gasteiger partial charge in [0, 0.05) is 30.5 Å². The Morgan fingerprint density at radius 1 is 1.42 bits per heavy atom. The average molecular weight is 337 g/mol. The van der Waals surface area contributed by atoms with Gasteiger partial charge in [0.25, 0.3) is 5.92 Å². The Labute approximate surface area is 138 Å². The van der Waals surface area contributed by atoms with Crippen LogP contribution in [0.15, 0.2) is 29.4 Å². The van der Waals surface area contributed by atoms with Crippen LogP contribution in [0.1, 0.15) is 24.5 Å². The second-order valence-electron chi connectivity index (χ2n) is 6.89. The monoisotopic (exact) mass is 337 g/mol. The molecule has 0 radical (unpaired) electrons. The van der Waals surface area contributed by atoms with E-state index >= 15 is 0 Å². The number of halogens is 2. The van der Waals surface area contributed by atoms with Crippen molar-refractivity contribution in [3.8, 4) is 0 Å². The lowest BCUT2D eigenvalue weighted by molar-refractivity contribution is -0.136. The van der Waals surface area contributed by atoms with E-state index in [4.69, 9.17) is 10.9 Å². The van der Waals surface area contributed by atoms with Crippen LogP contribution in [-0.4, -0.2) is 35.3 Å². The highest BCUT2D eigenvalue weighted by Crippen LogP contribution is 2.70. The summed E-state index contributed by atoms with van der Waals surface area (Å²) in [6.45, 7) is 2.04. The predicted molar refractivity (Wildman–Crippen MR) is 86.1 cm³/mol. The first kappa shape index (κ1) is 16.8. The molecule has 5 nitrogen and oxygen atoms in total. The summed E-state index contributed by atoms with van der Waals surface area (Å²) < 4.78 is 29.1. The molecule has 3 unspecified atom stereocenters. The van der Waals surface area contributed by atoms with E-state index in [9.17, 15) is 13.6 Å². The normalized spacial score (nSPS) is 34.0. The van der Waals surface area contributed by atoms with Gasteiger partial charge >= 0.3 is 5.97 Å². The van der Waals surface area contributed by atoms with Crippen LogP contribution in [0.2, 0.25) is 0 Å². The smallest absolute Gasteiger partial charge is 0.307 e. The van der Waals surface area contributed by atoms with Gasteiger partial charge in [-0.25, -0.2) is 8.78 Å². The fourth-order valence-corrected chi connectivity index (χ4v) is 4.36. The van der Waals surface area contributed by atoms with Gasteiger partial charge in [-0.05, 0) is 17.5 Å². The van der Waals surface area contributed by atoms with E-state index in [1.807, 2.05) is 0 Å². The zero-order chi connectivity index (χ0) is 17.6. The van der Waals surface area contributed by atoms with Crippen molar-refractivity contribution < 1.29 is 18.7 Å². The second-order valence-corrected chi connectivity index (χ2v) is 6.89. The Bertz CT molecular complexity index is 677. The maximum absolute atomic E-state index is 14.5. The van der Waals surface area contributed by atoms with Crippen molar-refractivity contribution in [2.45, 2.75) is 37.6 Å². The van der Waals surface area contributed by atoms with E-state index in [-0.39, 0.29) is 25.3 Å². The maximum Gasteiger partial charge on any atom is 0.307 e. The molecule has 0 amide bonds. The largest absolute Gasteiger partial charge is 0.481 e. The number of aliphatic carboxylic acids is 1. The first-order valence-corrected chi connectivity index (χ1v) is 7.94. The highest BCUT2D eigenvalue weighted by molar-refractivity contribution is 5.76. The van der Waals surface area contributed by atoms with Crippen LogP contribution < -0.4 is 11.2 Å². The molecule has 4 N–H and O–H groups in total. The molecule has 3 atom stereocenters. The first-order chi connectivity index (χ1) is 11.3. The fourth-order valence-electron chi connectivity index (χ4n) is 4.36. The number of carboxylic acids is 1. The average Bonchev–Trinajstić information content (AvgIpc) is 2.82. The summed E-state index contributed by atoms with van der Waals surface area (Å²) in [6, 6.07) is 7.06. The van der Waals surface area contributed by atoms with Gasteiger partial charge in [-0.3, -0.25) is 4.79 Å². The predicted octanol–water partition coefficient (Wildman–Crippen LogP) is 1.80. The summed E-state index contributed by atoms with van der Waals surface area (Å²) in [5, 5.41) is 15.3. The number of hydrazone groups is 1. The van der Waals surface area contributed by atoms with Gasteiger partial charge in [0.15, 0.2) is 0 Å². The molecule has 1 spiro atoms. The van der Waals surface area contributed by atoms with Crippen molar-refractivity contribution in [1.29, 1.82) is 0 Å². The molecule has 1 saturated heterocycles. The molecule has 2 aliphatic rings. The lowest BCUT2D eigenvalue weighted by Gasteiger charge is -2.22. The third-order valence-electron chi connectivity index (χ3n) is 5.59. The number of nitrogens with one attached hydrogen (secondary N) is 1. The Hall–Kier alpha value is -2.02. The lowest BCUT2D eigenvalue weighted by Crippen LogP contribution is -2.44. The number of hydrogen-bond donors (Lipinski definition) is 3. The maximum atomic E-state index is 14.5. The Kier molecular flexibility index (Phi) is 3.86. The molecule has 7 heteroatoms. The van der Waals surface area contributed by atoms with Crippen molar-refractivity contribution in [2.75, 3.05) is 6.54 Å². The molecular weight excluding hydrogens is 316 g/mol. The Morgan fingerprint density at radius 2 is 2.04 bits per heavy atom. The summed E-state index contributed by atoms with van der Waals surface area (Å²) >= 11 is 0. The number of benzene rings is 1. The zero-order valence-electron chi connectivity index (χ0n) is 13.4. The van der Waals surface area contributed by atoms with Crippen LogP contribution in [0, 0.1) is 11.3 Å². The molecule has 1 saturated carbocycles. The van der Waals surface area contributed by atoms with E-state index in [1.54, 1.807) is 31.2 Å². The van der Waals surface area contributed by atoms with Gasteiger partial charge in [0.2, 0.25) is 0 Å². The molecule has 1 aromatic rings. The number of rotatable bonds is 5. The number of nitrogens with two attached hydrogens (primary N) is 1. The van der Waals surface area contributed by atoms with Gasteiger partial charge in [-0.1, -0.05) is 31.2 Å². The fraction of sp³-hybridized carbons (Fsp3) is 0.529. The number of nitrogens with zero attached hydrogens (tertiary/aromatic N) is 1. The van der Waals surface area contributed by atoms with Crippen molar-refractivity contribution in [1.82, 2.24) is 5.32 Å². The first-order valence-electron chi connectivity index (χ1n) is 7.94. The quantitative estimate of drug-likeness (QED) is 0.434. The van der Waals surface area contributed by atoms with Crippen LogP contribution in [0.4, 0.5) is 8.78 Å². The summed E-state index contributed by atoms with van der Waals surface area (Å²) in [5.74, 6) is 1.23. The van der Waals surface area contributed by atoms with Crippen LogP contribution in [0.25, 0.3) is 0 Å². The lowest BCUT2D eigenvalue weighted by atomic mass is 9.99. The molecule has 130 valence electrons. The summed E-state index contributed by atoms with van der Waals surface area (Å²) in [7, 11) is 0. The zero-order valence-corrected chi connectivity index (χ0v) is 13.4. The highest BCUT2D eigenvalue weighted by atomic mass is 19.3. The van der Waals surface area contributed by atoms with Gasteiger partial charge < -0.3 is 16.3 Å². The van der Waals surface area contributed by atoms with E-state index in [1.165, 1.54) is 6.21 Å². The van der Waals surface area contributed by atoms with Crippen molar-refractivity contribution in [2.24, 2.45) is 22.3 Å².